The molecule has 4 aromatic rings. The van der Waals surface area contributed by atoms with Crippen LogP contribution in [0.15, 0.2) is 42.7 Å². The first-order chi connectivity index (χ1) is 10.9. The zero-order chi connectivity index (χ0) is 16.2. The van der Waals surface area contributed by atoms with Crippen molar-refractivity contribution < 1.29 is 13.2 Å². The fourth-order valence-corrected chi connectivity index (χ4v) is 2.74. The minimum Gasteiger partial charge on any atom is -0.346 e. The van der Waals surface area contributed by atoms with Crippen LogP contribution < -0.4 is 0 Å². The predicted molar refractivity (Wildman–Crippen MR) is 80.5 cm³/mol. The van der Waals surface area contributed by atoms with E-state index in [-0.39, 0.29) is 5.65 Å². The van der Waals surface area contributed by atoms with Gasteiger partial charge in [0.05, 0.1) is 11.9 Å². The monoisotopic (exact) mass is 316 g/mol. The lowest BCUT2D eigenvalue weighted by Crippen LogP contribution is -2.09. The molecule has 116 valence electrons. The van der Waals surface area contributed by atoms with Gasteiger partial charge in [0.2, 0.25) is 0 Å². The summed E-state index contributed by atoms with van der Waals surface area (Å²) in [5.41, 5.74) is 1.57. The molecule has 0 fully saturated rings. The van der Waals surface area contributed by atoms with Crippen LogP contribution in [0.25, 0.3) is 27.8 Å². The third kappa shape index (κ3) is 2.16. The van der Waals surface area contributed by atoms with Crippen LogP contribution in [-0.2, 0) is 6.18 Å². The molecule has 7 heteroatoms. The highest BCUT2D eigenvalue weighted by molar-refractivity contribution is 5.82. The summed E-state index contributed by atoms with van der Waals surface area (Å²) in [5, 5.41) is 1.54. The predicted octanol–water partition coefficient (Wildman–Crippen LogP) is 4.23. The van der Waals surface area contributed by atoms with Gasteiger partial charge in [0.25, 0.3) is 0 Å². The summed E-state index contributed by atoms with van der Waals surface area (Å²) in [6.45, 7) is 1.83. The van der Waals surface area contributed by atoms with Crippen molar-refractivity contribution >= 4 is 22.1 Å². The van der Waals surface area contributed by atoms with Crippen LogP contribution in [-0.4, -0.2) is 19.5 Å². The molecule has 0 amide bonds. The van der Waals surface area contributed by atoms with Crippen LogP contribution in [0.5, 0.6) is 0 Å². The minimum atomic E-state index is -4.47. The van der Waals surface area contributed by atoms with Gasteiger partial charge in [-0.1, -0.05) is 0 Å². The Hall–Kier alpha value is -2.83. The smallest absolute Gasteiger partial charge is 0.346 e. The van der Waals surface area contributed by atoms with E-state index in [1.54, 1.807) is 17.0 Å². The van der Waals surface area contributed by atoms with Crippen LogP contribution in [0, 0.1) is 6.92 Å². The Bertz CT molecular complexity index is 1030. The van der Waals surface area contributed by atoms with Crippen molar-refractivity contribution in [2.45, 2.75) is 13.1 Å². The number of hydrogen-bond acceptors (Lipinski definition) is 2. The fourth-order valence-electron chi connectivity index (χ4n) is 2.74. The summed E-state index contributed by atoms with van der Waals surface area (Å²) in [7, 11) is 0. The molecule has 4 nitrogen and oxygen atoms in total. The number of hydrogen-bond donors (Lipinski definition) is 1. The van der Waals surface area contributed by atoms with Crippen LogP contribution >= 0.6 is 0 Å². The Labute approximate surface area is 128 Å². The standard InChI is InChI=1S/C16H11F3N4/c1-9-6-11-2-3-13(16(17,18)19)22-15(11)23(9)12-7-10-4-5-20-14(10)21-8-12/h2-8H,1H3,(H,20,21). The zero-order valence-corrected chi connectivity index (χ0v) is 12.0. The second-order valence-electron chi connectivity index (χ2n) is 5.34. The molecule has 0 aliphatic heterocycles. The maximum Gasteiger partial charge on any atom is 0.433 e. The Balaban J connectivity index is 1.99. The zero-order valence-electron chi connectivity index (χ0n) is 12.0. The van der Waals surface area contributed by atoms with Gasteiger partial charge in [-0.3, -0.25) is 4.57 Å². The molecule has 4 aromatic heterocycles. The van der Waals surface area contributed by atoms with Gasteiger partial charge in [0.15, 0.2) is 0 Å². The third-order valence-corrected chi connectivity index (χ3v) is 3.77. The Morgan fingerprint density at radius 3 is 2.70 bits per heavy atom. The highest BCUT2D eigenvalue weighted by Gasteiger charge is 2.33. The normalized spacial score (nSPS) is 12.3. The van der Waals surface area contributed by atoms with Crippen molar-refractivity contribution in [3.8, 4) is 5.69 Å². The van der Waals surface area contributed by atoms with E-state index in [1.165, 1.54) is 6.07 Å². The molecule has 0 radical (unpaired) electrons. The Kier molecular flexibility index (Phi) is 2.75. The average Bonchev–Trinajstić information content (AvgIpc) is 3.07. The lowest BCUT2D eigenvalue weighted by Gasteiger charge is -2.09. The molecule has 0 aliphatic rings. The van der Waals surface area contributed by atoms with Crippen molar-refractivity contribution in [1.29, 1.82) is 0 Å². The molecule has 23 heavy (non-hydrogen) atoms. The molecule has 0 spiro atoms. The first kappa shape index (κ1) is 13.8. The molecule has 0 aliphatic carbocycles. The number of alkyl halides is 3. The van der Waals surface area contributed by atoms with Crippen LogP contribution in [0.2, 0.25) is 0 Å². The molecule has 4 rings (SSSR count). The van der Waals surface area contributed by atoms with E-state index in [1.807, 2.05) is 25.1 Å². The van der Waals surface area contributed by atoms with E-state index >= 15 is 0 Å². The summed E-state index contributed by atoms with van der Waals surface area (Å²) in [6, 6.07) is 7.98. The molecule has 0 aromatic carbocycles. The highest BCUT2D eigenvalue weighted by atomic mass is 19.4. The van der Waals surface area contributed by atoms with Gasteiger partial charge in [0.1, 0.15) is 17.0 Å². The number of fused-ring (bicyclic) bond motifs is 2. The number of H-pyrrole nitrogens is 1. The second-order valence-corrected chi connectivity index (χ2v) is 5.34. The summed E-state index contributed by atoms with van der Waals surface area (Å²) in [6.07, 6.45) is -1.09. The van der Waals surface area contributed by atoms with Crippen LogP contribution in [0.3, 0.4) is 0 Å². The van der Waals surface area contributed by atoms with Crippen molar-refractivity contribution in [3.05, 3.63) is 54.1 Å². The molecule has 0 unspecified atom stereocenters. The Morgan fingerprint density at radius 1 is 1.09 bits per heavy atom. The van der Waals surface area contributed by atoms with Gasteiger partial charge in [-0.25, -0.2) is 9.97 Å². The number of rotatable bonds is 1. The molecule has 0 saturated heterocycles. The number of aryl methyl sites for hydroxylation is 1. The van der Waals surface area contributed by atoms with Crippen molar-refractivity contribution in [2.75, 3.05) is 0 Å². The van der Waals surface area contributed by atoms with E-state index in [2.05, 4.69) is 15.0 Å². The molecule has 0 saturated carbocycles. The van der Waals surface area contributed by atoms with Gasteiger partial charge >= 0.3 is 6.18 Å². The molecule has 0 bridgehead atoms. The van der Waals surface area contributed by atoms with Crippen LogP contribution in [0.4, 0.5) is 13.2 Å². The number of nitrogens with zero attached hydrogens (tertiary/aromatic N) is 3. The molecule has 1 N–H and O–H groups in total. The first-order valence-corrected chi connectivity index (χ1v) is 6.93. The van der Waals surface area contributed by atoms with Crippen molar-refractivity contribution in [2.24, 2.45) is 0 Å². The van der Waals surface area contributed by atoms with Crippen LogP contribution in [0.1, 0.15) is 11.4 Å². The van der Waals surface area contributed by atoms with E-state index in [4.69, 9.17) is 0 Å². The largest absolute Gasteiger partial charge is 0.433 e. The van der Waals surface area contributed by atoms with Gasteiger partial charge in [-0.15, -0.1) is 0 Å². The highest BCUT2D eigenvalue weighted by Crippen LogP contribution is 2.31. The molecule has 0 atom stereocenters. The van der Waals surface area contributed by atoms with E-state index in [0.717, 1.165) is 22.8 Å². The molecular formula is C16H11F3N4. The maximum absolute atomic E-state index is 12.9. The molecule has 4 heterocycles. The number of aromatic amines is 1. The summed E-state index contributed by atoms with van der Waals surface area (Å²) in [5.74, 6) is 0. The van der Waals surface area contributed by atoms with Gasteiger partial charge in [-0.05, 0) is 37.3 Å². The van der Waals surface area contributed by atoms with E-state index in [0.29, 0.717) is 11.1 Å². The lowest BCUT2D eigenvalue weighted by atomic mass is 10.3. The topological polar surface area (TPSA) is 46.5 Å². The second kappa shape index (κ2) is 4.58. The molecular weight excluding hydrogens is 305 g/mol. The van der Waals surface area contributed by atoms with Crippen molar-refractivity contribution in [3.63, 3.8) is 0 Å². The lowest BCUT2D eigenvalue weighted by molar-refractivity contribution is -0.141. The first-order valence-electron chi connectivity index (χ1n) is 6.93. The maximum atomic E-state index is 12.9. The summed E-state index contributed by atoms with van der Waals surface area (Å²) >= 11 is 0. The Morgan fingerprint density at radius 2 is 1.91 bits per heavy atom. The number of pyridine rings is 2. The summed E-state index contributed by atoms with van der Waals surface area (Å²) < 4.78 is 40.5. The minimum absolute atomic E-state index is 0.272. The van der Waals surface area contributed by atoms with E-state index < -0.39 is 11.9 Å². The SMILES string of the molecule is Cc1cc2ccc(C(F)(F)F)nc2n1-c1cnc2[nH]ccc2c1. The van der Waals surface area contributed by atoms with Gasteiger partial charge in [0, 0.05) is 22.7 Å². The number of nitrogens with one attached hydrogen (secondary N) is 1. The summed E-state index contributed by atoms with van der Waals surface area (Å²) in [4.78, 5) is 11.1. The van der Waals surface area contributed by atoms with E-state index in [9.17, 15) is 13.2 Å². The quantitative estimate of drug-likeness (QED) is 0.571. The third-order valence-electron chi connectivity index (χ3n) is 3.77. The van der Waals surface area contributed by atoms with Crippen molar-refractivity contribution in [1.82, 2.24) is 19.5 Å². The number of halogens is 3. The van der Waals surface area contributed by atoms with Gasteiger partial charge in [-0.2, -0.15) is 13.2 Å². The average molecular weight is 316 g/mol. The van der Waals surface area contributed by atoms with Gasteiger partial charge < -0.3 is 4.98 Å². The number of aromatic nitrogens is 4. The fraction of sp³-hybridized carbons (Fsp3) is 0.125.